The molecule has 2 heterocycles. The normalized spacial score (nSPS) is 24.3. The number of likely N-dealkylation sites (tertiary alicyclic amines) is 1. The van der Waals surface area contributed by atoms with Crippen molar-refractivity contribution in [3.63, 3.8) is 0 Å². The summed E-state index contributed by atoms with van der Waals surface area (Å²) in [6, 6.07) is 6.79. The second-order valence-electron chi connectivity index (χ2n) is 7.61. The number of nitrogens with zero attached hydrogens (tertiary/aromatic N) is 2. The van der Waals surface area contributed by atoms with Gasteiger partial charge in [-0.3, -0.25) is 9.89 Å². The summed E-state index contributed by atoms with van der Waals surface area (Å²) >= 11 is 0. The number of aliphatic imine (C=N–C) groups is 1. The molecule has 1 saturated carbocycles. The number of hydrogen-bond acceptors (Lipinski definition) is 2. The molecule has 1 aliphatic carbocycles. The molecule has 2 unspecified atom stereocenters. The fraction of sp³-hybridized carbons (Fsp3) is 0.550. The van der Waals surface area contributed by atoms with Crippen LogP contribution < -0.4 is 10.6 Å². The number of nitrogens with one attached hydrogen (secondary N) is 3. The van der Waals surface area contributed by atoms with Crippen LogP contribution in [-0.2, 0) is 6.42 Å². The minimum absolute atomic E-state index is 0.195. The van der Waals surface area contributed by atoms with Crippen LogP contribution >= 0.6 is 0 Å². The first-order valence-corrected chi connectivity index (χ1v) is 9.62. The molecule has 2 fully saturated rings. The third kappa shape index (κ3) is 3.70. The Morgan fingerprint density at radius 2 is 2.23 bits per heavy atom. The lowest BCUT2D eigenvalue weighted by atomic mass is 10.1. The van der Waals surface area contributed by atoms with Gasteiger partial charge < -0.3 is 15.6 Å². The van der Waals surface area contributed by atoms with E-state index in [1.54, 1.807) is 12.1 Å². The molecule has 1 aromatic heterocycles. The van der Waals surface area contributed by atoms with Crippen LogP contribution in [0.4, 0.5) is 4.39 Å². The Morgan fingerprint density at radius 1 is 1.38 bits per heavy atom. The summed E-state index contributed by atoms with van der Waals surface area (Å²) in [5.74, 6) is 0.658. The fourth-order valence-corrected chi connectivity index (χ4v) is 4.14. The van der Waals surface area contributed by atoms with Crippen molar-refractivity contribution in [1.29, 1.82) is 0 Å². The maximum atomic E-state index is 13.5. The maximum Gasteiger partial charge on any atom is 0.191 e. The number of guanidine groups is 1. The summed E-state index contributed by atoms with van der Waals surface area (Å²) in [7, 11) is 1.81. The van der Waals surface area contributed by atoms with Gasteiger partial charge in [-0.05, 0) is 56.4 Å². The van der Waals surface area contributed by atoms with E-state index >= 15 is 0 Å². The Labute approximate surface area is 154 Å². The summed E-state index contributed by atoms with van der Waals surface area (Å²) < 4.78 is 13.5. The number of hydrogen-bond donors (Lipinski definition) is 3. The van der Waals surface area contributed by atoms with E-state index in [-0.39, 0.29) is 5.82 Å². The van der Waals surface area contributed by atoms with Gasteiger partial charge >= 0.3 is 0 Å². The number of halogens is 1. The number of aromatic nitrogens is 1. The summed E-state index contributed by atoms with van der Waals surface area (Å²) in [5.41, 5.74) is 2.10. The third-order valence-corrected chi connectivity index (χ3v) is 5.62. The standard InChI is InChI=1S/C20H28FN5/c1-13-9-16(12-26(13)17-4-5-17)25-20(22-2)23-8-7-14-11-24-19-6-3-15(21)10-18(14)19/h3,6,10-11,13,16-17,24H,4-5,7-9,12H2,1-2H3,(H2,22,23,25). The Morgan fingerprint density at radius 3 is 3.00 bits per heavy atom. The first-order chi connectivity index (χ1) is 12.6. The van der Waals surface area contributed by atoms with Gasteiger partial charge in [-0.15, -0.1) is 0 Å². The van der Waals surface area contributed by atoms with Gasteiger partial charge in [0.2, 0.25) is 0 Å². The summed E-state index contributed by atoms with van der Waals surface area (Å²) in [6.07, 6.45) is 6.66. The van der Waals surface area contributed by atoms with E-state index in [0.717, 1.165) is 48.0 Å². The molecule has 6 heteroatoms. The molecule has 0 amide bonds. The van der Waals surface area contributed by atoms with Crippen LogP contribution in [-0.4, -0.2) is 54.1 Å². The van der Waals surface area contributed by atoms with Gasteiger partial charge in [-0.2, -0.15) is 0 Å². The van der Waals surface area contributed by atoms with Crippen molar-refractivity contribution in [3.05, 3.63) is 35.8 Å². The molecular weight excluding hydrogens is 329 g/mol. The predicted molar refractivity (Wildman–Crippen MR) is 104 cm³/mol. The van der Waals surface area contributed by atoms with Crippen molar-refractivity contribution >= 4 is 16.9 Å². The lowest BCUT2D eigenvalue weighted by Crippen LogP contribution is -2.45. The Bertz CT molecular complexity index is 795. The minimum Gasteiger partial charge on any atom is -0.361 e. The number of H-pyrrole nitrogens is 1. The average Bonchev–Trinajstić information content (AvgIpc) is 3.30. The van der Waals surface area contributed by atoms with Gasteiger partial charge in [-0.1, -0.05) is 0 Å². The zero-order valence-corrected chi connectivity index (χ0v) is 15.6. The van der Waals surface area contributed by atoms with Gasteiger partial charge in [0.05, 0.1) is 0 Å². The molecule has 0 bridgehead atoms. The van der Waals surface area contributed by atoms with Crippen LogP contribution in [0.2, 0.25) is 0 Å². The Hall–Kier alpha value is -2.08. The van der Waals surface area contributed by atoms with Crippen LogP contribution in [0, 0.1) is 5.82 Å². The number of aromatic amines is 1. The highest BCUT2D eigenvalue weighted by Gasteiger charge is 2.38. The van der Waals surface area contributed by atoms with E-state index in [4.69, 9.17) is 0 Å². The smallest absolute Gasteiger partial charge is 0.191 e. The molecule has 2 aliphatic rings. The zero-order chi connectivity index (χ0) is 18.1. The lowest BCUT2D eigenvalue weighted by Gasteiger charge is -2.20. The van der Waals surface area contributed by atoms with E-state index in [1.807, 2.05) is 13.2 Å². The van der Waals surface area contributed by atoms with Crippen LogP contribution in [0.3, 0.4) is 0 Å². The predicted octanol–water partition coefficient (Wildman–Crippen LogP) is 2.64. The van der Waals surface area contributed by atoms with E-state index in [9.17, 15) is 4.39 Å². The molecule has 1 aliphatic heterocycles. The largest absolute Gasteiger partial charge is 0.361 e. The minimum atomic E-state index is -0.195. The van der Waals surface area contributed by atoms with E-state index in [0.29, 0.717) is 12.1 Å². The first-order valence-electron chi connectivity index (χ1n) is 9.62. The summed E-state index contributed by atoms with van der Waals surface area (Å²) in [5, 5.41) is 7.92. The molecule has 0 radical (unpaired) electrons. The van der Waals surface area contributed by atoms with Crippen molar-refractivity contribution < 1.29 is 4.39 Å². The molecule has 2 aromatic rings. The quantitative estimate of drug-likeness (QED) is 0.570. The number of benzene rings is 1. The van der Waals surface area contributed by atoms with Crippen molar-refractivity contribution in [2.24, 2.45) is 4.99 Å². The molecule has 3 N–H and O–H groups in total. The molecule has 2 atom stereocenters. The third-order valence-electron chi connectivity index (χ3n) is 5.62. The fourth-order valence-electron chi connectivity index (χ4n) is 4.14. The zero-order valence-electron chi connectivity index (χ0n) is 15.6. The van der Waals surface area contributed by atoms with Crippen molar-refractivity contribution in [2.45, 2.75) is 50.7 Å². The van der Waals surface area contributed by atoms with E-state index in [2.05, 4.69) is 32.4 Å². The SMILES string of the molecule is CN=C(NCCc1c[nH]c2ccc(F)cc12)NC1CC(C)N(C2CC2)C1. The van der Waals surface area contributed by atoms with Gasteiger partial charge in [0.25, 0.3) is 0 Å². The number of rotatable bonds is 5. The van der Waals surface area contributed by atoms with E-state index < -0.39 is 0 Å². The molecule has 1 aromatic carbocycles. The van der Waals surface area contributed by atoms with Crippen molar-refractivity contribution in [1.82, 2.24) is 20.5 Å². The first kappa shape index (κ1) is 17.3. The Kier molecular flexibility index (Phi) is 4.85. The monoisotopic (exact) mass is 357 g/mol. The van der Waals surface area contributed by atoms with E-state index in [1.165, 1.54) is 25.3 Å². The highest BCUT2D eigenvalue weighted by Crippen LogP contribution is 2.33. The molecule has 1 saturated heterocycles. The lowest BCUT2D eigenvalue weighted by molar-refractivity contribution is 0.256. The second-order valence-corrected chi connectivity index (χ2v) is 7.61. The van der Waals surface area contributed by atoms with Gasteiger partial charge in [-0.25, -0.2) is 4.39 Å². The van der Waals surface area contributed by atoms with Gasteiger partial charge in [0.15, 0.2) is 5.96 Å². The highest BCUT2D eigenvalue weighted by atomic mass is 19.1. The molecule has 0 spiro atoms. The highest BCUT2D eigenvalue weighted by molar-refractivity contribution is 5.83. The second kappa shape index (κ2) is 7.27. The van der Waals surface area contributed by atoms with Gasteiger partial charge in [0, 0.05) is 55.4 Å². The van der Waals surface area contributed by atoms with Crippen molar-refractivity contribution in [2.75, 3.05) is 20.1 Å². The molecule has 140 valence electrons. The topological polar surface area (TPSA) is 55.5 Å². The molecule has 4 rings (SSSR count). The molecule has 5 nitrogen and oxygen atoms in total. The summed E-state index contributed by atoms with van der Waals surface area (Å²) in [6.45, 7) is 4.19. The average molecular weight is 357 g/mol. The van der Waals surface area contributed by atoms with Crippen LogP contribution in [0.15, 0.2) is 29.4 Å². The maximum absolute atomic E-state index is 13.5. The molecular formula is C20H28FN5. The van der Waals surface area contributed by atoms with Crippen LogP contribution in [0.25, 0.3) is 10.9 Å². The van der Waals surface area contributed by atoms with Crippen LogP contribution in [0.5, 0.6) is 0 Å². The molecule has 26 heavy (non-hydrogen) atoms. The van der Waals surface area contributed by atoms with Crippen LogP contribution in [0.1, 0.15) is 31.7 Å². The summed E-state index contributed by atoms with van der Waals surface area (Å²) in [4.78, 5) is 10.2. The van der Waals surface area contributed by atoms with Crippen molar-refractivity contribution in [3.8, 4) is 0 Å². The van der Waals surface area contributed by atoms with Gasteiger partial charge in [0.1, 0.15) is 5.82 Å². The number of fused-ring (bicyclic) bond motifs is 1. The Balaban J connectivity index is 1.29.